The van der Waals surface area contributed by atoms with E-state index in [-0.39, 0.29) is 30.0 Å². The number of benzene rings is 2. The van der Waals surface area contributed by atoms with Gasteiger partial charge < -0.3 is 19.1 Å². The molecule has 2 aromatic carbocycles. The van der Waals surface area contributed by atoms with Crippen LogP contribution in [0, 0.1) is 6.92 Å². The Labute approximate surface area is 186 Å². The average molecular weight is 439 g/mol. The van der Waals surface area contributed by atoms with E-state index in [0.29, 0.717) is 17.0 Å². The van der Waals surface area contributed by atoms with Crippen LogP contribution in [0.25, 0.3) is 0 Å². The highest BCUT2D eigenvalue weighted by atomic mass is 16.5. The van der Waals surface area contributed by atoms with E-state index in [4.69, 9.17) is 14.2 Å². The Hall–Kier alpha value is -3.88. The standard InChI is InChI=1S/C23H25N3O6/c1-14-6-8-18(9-7-14)25(15(2)27)13-22-26(16(3)28)24-23(32-22)20-12-19(30-5)10-11-21(20)31-17(4)29/h6-12,22H,13H2,1-5H3. The SMILES string of the molecule is COc1ccc(OC(C)=O)c(C2=NN(C(C)=O)C(CN(C(C)=O)c3ccc(C)cc3)O2)c1. The first-order chi connectivity index (χ1) is 15.2. The van der Waals surface area contributed by atoms with E-state index >= 15 is 0 Å². The molecule has 0 aromatic heterocycles. The fraction of sp³-hybridized carbons (Fsp3) is 0.304. The van der Waals surface area contributed by atoms with E-state index < -0.39 is 12.2 Å². The Bertz CT molecular complexity index is 1060. The Balaban J connectivity index is 1.93. The molecule has 0 saturated carbocycles. The third-order valence-corrected chi connectivity index (χ3v) is 4.78. The molecule has 0 spiro atoms. The fourth-order valence-electron chi connectivity index (χ4n) is 3.21. The predicted octanol–water partition coefficient (Wildman–Crippen LogP) is 2.85. The normalized spacial score (nSPS) is 15.0. The Kier molecular flexibility index (Phi) is 6.77. The summed E-state index contributed by atoms with van der Waals surface area (Å²) >= 11 is 0. The molecule has 0 bridgehead atoms. The maximum atomic E-state index is 12.4. The number of esters is 1. The van der Waals surface area contributed by atoms with Crippen LogP contribution in [0.2, 0.25) is 0 Å². The summed E-state index contributed by atoms with van der Waals surface area (Å²) in [5.74, 6) is -0.316. The summed E-state index contributed by atoms with van der Waals surface area (Å²) in [5.41, 5.74) is 2.07. The first kappa shape index (κ1) is 22.8. The molecule has 0 radical (unpaired) electrons. The van der Waals surface area contributed by atoms with E-state index in [0.717, 1.165) is 10.6 Å². The number of rotatable bonds is 6. The van der Waals surface area contributed by atoms with Crippen LogP contribution in [0.4, 0.5) is 5.69 Å². The van der Waals surface area contributed by atoms with Gasteiger partial charge in [-0.2, -0.15) is 5.01 Å². The maximum absolute atomic E-state index is 12.4. The first-order valence-corrected chi connectivity index (χ1v) is 9.96. The van der Waals surface area contributed by atoms with Crippen molar-refractivity contribution >= 4 is 29.4 Å². The molecule has 168 valence electrons. The fourth-order valence-corrected chi connectivity index (χ4v) is 3.21. The smallest absolute Gasteiger partial charge is 0.308 e. The topological polar surface area (TPSA) is 97.7 Å². The van der Waals surface area contributed by atoms with Crippen molar-refractivity contribution in [1.29, 1.82) is 0 Å². The molecule has 1 aliphatic rings. The monoisotopic (exact) mass is 439 g/mol. The highest BCUT2D eigenvalue weighted by Crippen LogP contribution is 2.30. The summed E-state index contributed by atoms with van der Waals surface area (Å²) in [5, 5.41) is 5.46. The number of nitrogens with zero attached hydrogens (tertiary/aromatic N) is 3. The minimum absolute atomic E-state index is 0.0534. The molecular weight excluding hydrogens is 414 g/mol. The average Bonchev–Trinajstić information content (AvgIpc) is 3.16. The van der Waals surface area contributed by atoms with Gasteiger partial charge in [0.1, 0.15) is 11.5 Å². The van der Waals surface area contributed by atoms with Crippen molar-refractivity contribution in [2.45, 2.75) is 33.9 Å². The summed E-state index contributed by atoms with van der Waals surface area (Å²) in [6, 6.07) is 12.2. The molecule has 0 fully saturated rings. The van der Waals surface area contributed by atoms with Gasteiger partial charge in [0, 0.05) is 26.5 Å². The number of anilines is 1. The van der Waals surface area contributed by atoms with Crippen LogP contribution in [0.15, 0.2) is 47.6 Å². The zero-order valence-corrected chi connectivity index (χ0v) is 18.6. The minimum Gasteiger partial charge on any atom is -0.497 e. The summed E-state index contributed by atoms with van der Waals surface area (Å²) in [6.45, 7) is 6.08. The molecule has 2 aromatic rings. The van der Waals surface area contributed by atoms with E-state index in [2.05, 4.69) is 5.10 Å². The lowest BCUT2D eigenvalue weighted by Crippen LogP contribution is -2.44. The largest absolute Gasteiger partial charge is 0.497 e. The lowest BCUT2D eigenvalue weighted by Gasteiger charge is -2.27. The second-order valence-corrected chi connectivity index (χ2v) is 7.26. The third-order valence-electron chi connectivity index (χ3n) is 4.78. The van der Waals surface area contributed by atoms with Crippen LogP contribution in [0.3, 0.4) is 0 Å². The lowest BCUT2D eigenvalue weighted by atomic mass is 10.2. The zero-order valence-electron chi connectivity index (χ0n) is 18.6. The summed E-state index contributed by atoms with van der Waals surface area (Å²) < 4.78 is 16.5. The molecule has 1 unspecified atom stereocenters. The molecule has 1 atom stereocenters. The van der Waals surface area contributed by atoms with Crippen molar-refractivity contribution in [2.75, 3.05) is 18.6 Å². The summed E-state index contributed by atoms with van der Waals surface area (Å²) in [6.07, 6.45) is -0.871. The lowest BCUT2D eigenvalue weighted by molar-refractivity contribution is -0.135. The number of hydrazone groups is 1. The van der Waals surface area contributed by atoms with Gasteiger partial charge in [-0.3, -0.25) is 14.4 Å². The van der Waals surface area contributed by atoms with Gasteiger partial charge in [0.2, 0.25) is 23.9 Å². The second kappa shape index (κ2) is 9.51. The number of carbonyl (C=O) groups is 3. The maximum Gasteiger partial charge on any atom is 0.308 e. The minimum atomic E-state index is -0.871. The van der Waals surface area contributed by atoms with Crippen molar-refractivity contribution in [3.63, 3.8) is 0 Å². The van der Waals surface area contributed by atoms with Crippen LogP contribution in [-0.2, 0) is 19.1 Å². The number of hydrogen-bond acceptors (Lipinski definition) is 7. The predicted molar refractivity (Wildman–Crippen MR) is 117 cm³/mol. The number of aryl methyl sites for hydroxylation is 1. The van der Waals surface area contributed by atoms with E-state index in [1.807, 2.05) is 31.2 Å². The van der Waals surface area contributed by atoms with Crippen LogP contribution >= 0.6 is 0 Å². The van der Waals surface area contributed by atoms with Gasteiger partial charge >= 0.3 is 5.97 Å². The number of amides is 2. The zero-order chi connectivity index (χ0) is 23.4. The third kappa shape index (κ3) is 5.05. The molecule has 32 heavy (non-hydrogen) atoms. The van der Waals surface area contributed by atoms with Crippen molar-refractivity contribution in [2.24, 2.45) is 5.10 Å². The molecular formula is C23H25N3O6. The number of hydrogen-bond donors (Lipinski definition) is 0. The molecule has 1 heterocycles. The van der Waals surface area contributed by atoms with Crippen LogP contribution in [0.1, 0.15) is 31.9 Å². The van der Waals surface area contributed by atoms with E-state index in [9.17, 15) is 14.4 Å². The highest BCUT2D eigenvalue weighted by Gasteiger charge is 2.35. The van der Waals surface area contributed by atoms with Gasteiger partial charge in [-0.05, 0) is 37.3 Å². The molecule has 0 N–H and O–H groups in total. The molecule has 0 saturated heterocycles. The Morgan fingerprint density at radius 2 is 1.78 bits per heavy atom. The Morgan fingerprint density at radius 1 is 1.09 bits per heavy atom. The molecule has 3 rings (SSSR count). The summed E-state index contributed by atoms with van der Waals surface area (Å²) in [7, 11) is 1.50. The number of carbonyl (C=O) groups excluding carboxylic acids is 3. The van der Waals surface area contributed by atoms with Crippen molar-refractivity contribution in [3.05, 3.63) is 53.6 Å². The van der Waals surface area contributed by atoms with Gasteiger partial charge in [0.05, 0.1) is 19.2 Å². The first-order valence-electron chi connectivity index (χ1n) is 9.96. The van der Waals surface area contributed by atoms with Gasteiger partial charge in [-0.25, -0.2) is 0 Å². The van der Waals surface area contributed by atoms with Crippen molar-refractivity contribution in [3.8, 4) is 11.5 Å². The van der Waals surface area contributed by atoms with Gasteiger partial charge in [0.25, 0.3) is 0 Å². The molecule has 1 aliphatic heterocycles. The number of methoxy groups -OCH3 is 1. The molecule has 2 amide bonds. The van der Waals surface area contributed by atoms with Crippen molar-refractivity contribution in [1.82, 2.24) is 5.01 Å². The Morgan fingerprint density at radius 3 is 2.34 bits per heavy atom. The molecule has 0 aliphatic carbocycles. The van der Waals surface area contributed by atoms with Crippen molar-refractivity contribution < 1.29 is 28.6 Å². The quantitative estimate of drug-likeness (QED) is 0.507. The summed E-state index contributed by atoms with van der Waals surface area (Å²) in [4.78, 5) is 37.7. The van der Waals surface area contributed by atoms with Gasteiger partial charge in [-0.1, -0.05) is 17.7 Å². The highest BCUT2D eigenvalue weighted by molar-refractivity contribution is 6.00. The number of ether oxygens (including phenoxy) is 3. The second-order valence-electron chi connectivity index (χ2n) is 7.26. The van der Waals surface area contributed by atoms with Gasteiger partial charge in [0.15, 0.2) is 0 Å². The van der Waals surface area contributed by atoms with Crippen LogP contribution < -0.4 is 14.4 Å². The van der Waals surface area contributed by atoms with Gasteiger partial charge in [-0.15, -0.1) is 5.10 Å². The molecule has 9 heteroatoms. The molecule has 9 nitrogen and oxygen atoms in total. The van der Waals surface area contributed by atoms with E-state index in [1.54, 1.807) is 18.2 Å². The van der Waals surface area contributed by atoms with Crippen LogP contribution in [-0.4, -0.2) is 48.6 Å². The van der Waals surface area contributed by atoms with Crippen LogP contribution in [0.5, 0.6) is 11.5 Å². The van der Waals surface area contributed by atoms with E-state index in [1.165, 1.54) is 32.8 Å².